The first kappa shape index (κ1) is 7.67. The summed E-state index contributed by atoms with van der Waals surface area (Å²) >= 11 is 0. The molecule has 1 N–H and O–H groups in total. The fourth-order valence-corrected chi connectivity index (χ4v) is 1.10. The third-order valence-electron chi connectivity index (χ3n) is 1.72. The van der Waals surface area contributed by atoms with Gasteiger partial charge in [0.2, 0.25) is 0 Å². The summed E-state index contributed by atoms with van der Waals surface area (Å²) in [4.78, 5) is 15.2. The van der Waals surface area contributed by atoms with Gasteiger partial charge in [-0.05, 0) is 23.8 Å². The fraction of sp³-hybridized carbons (Fsp3) is 0. The minimum absolute atomic E-state index is 0.186. The molecule has 0 bridgehead atoms. The van der Waals surface area contributed by atoms with Crippen molar-refractivity contribution < 1.29 is 0 Å². The Balaban J connectivity index is 2.60. The highest BCUT2D eigenvalue weighted by Crippen LogP contribution is 2.11. The number of hydrogen-bond donors (Lipinski definition) is 1. The third-order valence-corrected chi connectivity index (χ3v) is 1.72. The smallest absolute Gasteiger partial charge is 0.267 e. The molecular weight excluding hydrogens is 166 g/mol. The molecule has 2 rings (SSSR count). The highest BCUT2D eigenvalue weighted by molar-refractivity contribution is 5.60. The van der Waals surface area contributed by atoms with Crippen molar-refractivity contribution in [1.82, 2.24) is 15.2 Å². The van der Waals surface area contributed by atoms with Crippen LogP contribution in [-0.4, -0.2) is 15.2 Å². The van der Waals surface area contributed by atoms with Gasteiger partial charge in [-0.2, -0.15) is 5.10 Å². The summed E-state index contributed by atoms with van der Waals surface area (Å²) in [6.07, 6.45) is 4.85. The van der Waals surface area contributed by atoms with Crippen molar-refractivity contribution in [3.8, 4) is 11.1 Å². The Kier molecular flexibility index (Phi) is 1.88. The lowest BCUT2D eigenvalue weighted by Gasteiger charge is -1.96. The van der Waals surface area contributed by atoms with Crippen molar-refractivity contribution >= 4 is 0 Å². The standard InChI is InChI=1S/C9H7N3O/c13-9-8(3-6-11-12-9)7-1-4-10-5-2-7/h1-6H,(H,12,13). The fourth-order valence-electron chi connectivity index (χ4n) is 1.10. The molecule has 0 aliphatic carbocycles. The predicted molar refractivity (Wildman–Crippen MR) is 48.1 cm³/mol. The molecule has 0 radical (unpaired) electrons. The number of nitrogens with one attached hydrogen (secondary N) is 1. The van der Waals surface area contributed by atoms with Gasteiger partial charge < -0.3 is 0 Å². The lowest BCUT2D eigenvalue weighted by atomic mass is 10.1. The highest BCUT2D eigenvalue weighted by atomic mass is 16.1. The molecule has 0 atom stereocenters. The van der Waals surface area contributed by atoms with Crippen molar-refractivity contribution in [2.75, 3.05) is 0 Å². The Morgan fingerprint density at radius 3 is 2.54 bits per heavy atom. The van der Waals surface area contributed by atoms with Crippen molar-refractivity contribution in [2.24, 2.45) is 0 Å². The maximum Gasteiger partial charge on any atom is 0.272 e. The van der Waals surface area contributed by atoms with E-state index in [1.807, 2.05) is 0 Å². The van der Waals surface area contributed by atoms with Crippen molar-refractivity contribution in [3.63, 3.8) is 0 Å². The minimum atomic E-state index is -0.186. The number of aromatic nitrogens is 3. The van der Waals surface area contributed by atoms with Gasteiger partial charge in [0.15, 0.2) is 0 Å². The van der Waals surface area contributed by atoms with Gasteiger partial charge in [-0.1, -0.05) is 0 Å². The van der Waals surface area contributed by atoms with Gasteiger partial charge in [-0.3, -0.25) is 9.78 Å². The van der Waals surface area contributed by atoms with Crippen LogP contribution in [0.3, 0.4) is 0 Å². The maximum absolute atomic E-state index is 11.3. The average Bonchev–Trinajstić information content (AvgIpc) is 2.20. The van der Waals surface area contributed by atoms with E-state index in [4.69, 9.17) is 0 Å². The first-order valence-electron chi connectivity index (χ1n) is 3.82. The number of nitrogens with zero attached hydrogens (tertiary/aromatic N) is 2. The molecule has 4 nitrogen and oxygen atoms in total. The van der Waals surface area contributed by atoms with Gasteiger partial charge >= 0.3 is 0 Å². The largest absolute Gasteiger partial charge is 0.272 e. The van der Waals surface area contributed by atoms with Crippen LogP contribution in [0.5, 0.6) is 0 Å². The number of H-pyrrole nitrogens is 1. The number of hydrogen-bond acceptors (Lipinski definition) is 3. The van der Waals surface area contributed by atoms with Gasteiger partial charge in [-0.15, -0.1) is 0 Å². The summed E-state index contributed by atoms with van der Waals surface area (Å²) in [5.41, 5.74) is 1.27. The summed E-state index contributed by atoms with van der Waals surface area (Å²) in [5.74, 6) is 0. The van der Waals surface area contributed by atoms with Gasteiger partial charge in [0.1, 0.15) is 0 Å². The van der Waals surface area contributed by atoms with Gasteiger partial charge in [0.05, 0.1) is 5.56 Å². The summed E-state index contributed by atoms with van der Waals surface area (Å²) in [6, 6.07) is 5.24. The second-order valence-electron chi connectivity index (χ2n) is 2.54. The molecular formula is C9H7N3O. The molecule has 0 saturated carbocycles. The monoisotopic (exact) mass is 173 g/mol. The van der Waals surface area contributed by atoms with Crippen molar-refractivity contribution in [2.45, 2.75) is 0 Å². The Bertz CT molecular complexity index is 450. The Morgan fingerprint density at radius 1 is 1.08 bits per heavy atom. The SMILES string of the molecule is O=c1[nH]nccc1-c1ccncc1. The zero-order valence-electron chi connectivity index (χ0n) is 6.77. The molecule has 0 amide bonds. The summed E-state index contributed by atoms with van der Waals surface area (Å²) < 4.78 is 0. The molecule has 13 heavy (non-hydrogen) atoms. The predicted octanol–water partition coefficient (Wildman–Crippen LogP) is 0.832. The molecule has 0 fully saturated rings. The Morgan fingerprint density at radius 2 is 1.85 bits per heavy atom. The molecule has 4 heteroatoms. The van der Waals surface area contributed by atoms with E-state index < -0.39 is 0 Å². The molecule has 0 saturated heterocycles. The van der Waals surface area contributed by atoms with E-state index in [2.05, 4.69) is 15.2 Å². The maximum atomic E-state index is 11.3. The zero-order chi connectivity index (χ0) is 9.10. The second-order valence-corrected chi connectivity index (χ2v) is 2.54. The van der Waals surface area contributed by atoms with Crippen LogP contribution in [0.15, 0.2) is 41.6 Å². The van der Waals surface area contributed by atoms with E-state index in [-0.39, 0.29) is 5.56 Å². The second kappa shape index (κ2) is 3.18. The number of rotatable bonds is 1. The molecule has 0 aliphatic rings. The summed E-state index contributed by atoms with van der Waals surface area (Å²) in [5, 5.41) is 5.99. The lowest BCUT2D eigenvalue weighted by Crippen LogP contribution is -2.09. The van der Waals surface area contributed by atoms with Crippen molar-refractivity contribution in [3.05, 3.63) is 47.1 Å². The summed E-state index contributed by atoms with van der Waals surface area (Å²) in [6.45, 7) is 0. The van der Waals surface area contributed by atoms with E-state index in [1.165, 1.54) is 0 Å². The van der Waals surface area contributed by atoms with Crippen LogP contribution in [0.25, 0.3) is 11.1 Å². The number of pyridine rings is 1. The first-order chi connectivity index (χ1) is 6.38. The normalized spacial score (nSPS) is 9.85. The van der Waals surface area contributed by atoms with Crippen LogP contribution in [0.1, 0.15) is 0 Å². The zero-order valence-corrected chi connectivity index (χ0v) is 6.77. The van der Waals surface area contributed by atoms with E-state index in [9.17, 15) is 4.79 Å². The van der Waals surface area contributed by atoms with E-state index >= 15 is 0 Å². The third kappa shape index (κ3) is 1.46. The molecule has 0 unspecified atom stereocenters. The molecule has 2 aromatic heterocycles. The average molecular weight is 173 g/mol. The van der Waals surface area contributed by atoms with E-state index in [0.717, 1.165) is 5.56 Å². The summed E-state index contributed by atoms with van der Waals surface area (Å²) in [7, 11) is 0. The molecule has 0 aliphatic heterocycles. The van der Waals surface area contributed by atoms with Crippen LogP contribution in [-0.2, 0) is 0 Å². The van der Waals surface area contributed by atoms with Crippen molar-refractivity contribution in [1.29, 1.82) is 0 Å². The quantitative estimate of drug-likeness (QED) is 0.694. The first-order valence-corrected chi connectivity index (χ1v) is 3.82. The van der Waals surface area contributed by atoms with Crippen LogP contribution >= 0.6 is 0 Å². The Hall–Kier alpha value is -1.97. The molecule has 0 spiro atoms. The molecule has 64 valence electrons. The van der Waals surface area contributed by atoms with Gasteiger partial charge in [0.25, 0.3) is 5.56 Å². The van der Waals surface area contributed by atoms with Crippen LogP contribution in [0.4, 0.5) is 0 Å². The van der Waals surface area contributed by atoms with E-state index in [1.54, 1.807) is 36.8 Å². The van der Waals surface area contributed by atoms with Gasteiger partial charge in [0, 0.05) is 18.6 Å². The van der Waals surface area contributed by atoms with Crippen LogP contribution < -0.4 is 5.56 Å². The number of aromatic amines is 1. The lowest BCUT2D eigenvalue weighted by molar-refractivity contribution is 0.991. The minimum Gasteiger partial charge on any atom is -0.267 e. The van der Waals surface area contributed by atoms with Gasteiger partial charge in [-0.25, -0.2) is 5.10 Å². The topological polar surface area (TPSA) is 58.6 Å². The van der Waals surface area contributed by atoms with E-state index in [0.29, 0.717) is 5.56 Å². The van der Waals surface area contributed by atoms with Crippen LogP contribution in [0, 0.1) is 0 Å². The van der Waals surface area contributed by atoms with Crippen LogP contribution in [0.2, 0.25) is 0 Å². The Labute approximate surface area is 74.3 Å². The molecule has 2 heterocycles. The molecule has 2 aromatic rings. The highest BCUT2D eigenvalue weighted by Gasteiger charge is 2.00. The molecule has 0 aromatic carbocycles.